The monoisotopic (exact) mass is 341 g/mol. The van der Waals surface area contributed by atoms with E-state index >= 15 is 0 Å². The average Bonchev–Trinajstić information content (AvgIpc) is 2.95. The van der Waals surface area contributed by atoms with E-state index in [9.17, 15) is 8.42 Å². The van der Waals surface area contributed by atoms with Gasteiger partial charge < -0.3 is 4.52 Å². The van der Waals surface area contributed by atoms with Gasteiger partial charge in [-0.15, -0.1) is 11.3 Å². The zero-order chi connectivity index (χ0) is 15.6. The van der Waals surface area contributed by atoms with Gasteiger partial charge in [0.2, 0.25) is 10.0 Å². The lowest BCUT2D eigenvalue weighted by Crippen LogP contribution is -2.15. The van der Waals surface area contributed by atoms with Crippen LogP contribution in [0.2, 0.25) is 0 Å². The van der Waals surface area contributed by atoms with Crippen LogP contribution in [0.3, 0.4) is 0 Å². The molecular formula is C14H19N3O3S2. The molecule has 0 atom stereocenters. The Bertz CT molecular complexity index is 724. The summed E-state index contributed by atoms with van der Waals surface area (Å²) in [5.41, 5.74) is 1.46. The van der Waals surface area contributed by atoms with Gasteiger partial charge in [-0.1, -0.05) is 18.0 Å². The van der Waals surface area contributed by atoms with Crippen molar-refractivity contribution in [2.45, 2.75) is 51.2 Å². The van der Waals surface area contributed by atoms with Crippen molar-refractivity contribution in [1.29, 1.82) is 0 Å². The molecule has 120 valence electrons. The minimum Gasteiger partial charge on any atom is -0.361 e. The third-order valence-corrected chi connectivity index (χ3v) is 5.99. The summed E-state index contributed by atoms with van der Waals surface area (Å²) in [4.78, 5) is 5.69. The zero-order valence-corrected chi connectivity index (χ0v) is 14.1. The molecule has 0 amide bonds. The van der Waals surface area contributed by atoms with E-state index in [-0.39, 0.29) is 5.75 Å². The van der Waals surface area contributed by atoms with Crippen molar-refractivity contribution in [3.63, 3.8) is 0 Å². The quantitative estimate of drug-likeness (QED) is 0.924. The van der Waals surface area contributed by atoms with Crippen molar-refractivity contribution in [2.75, 3.05) is 4.72 Å². The van der Waals surface area contributed by atoms with Crippen LogP contribution in [0.4, 0.5) is 5.13 Å². The molecule has 8 heteroatoms. The second-order valence-electron chi connectivity index (χ2n) is 5.59. The standard InChI is InChI=1S/C14H19N3O3S2/c1-10-8-11(16-20-10)9-22(18,19)17-14-15-12-6-4-2-3-5-7-13(12)21-14/h8H,2-7,9H2,1H3,(H,15,17). The summed E-state index contributed by atoms with van der Waals surface area (Å²) in [6.45, 7) is 1.73. The van der Waals surface area contributed by atoms with Crippen molar-refractivity contribution in [2.24, 2.45) is 0 Å². The van der Waals surface area contributed by atoms with Crippen LogP contribution in [0.15, 0.2) is 10.6 Å². The van der Waals surface area contributed by atoms with Crippen LogP contribution in [0.1, 0.15) is 47.7 Å². The lowest BCUT2D eigenvalue weighted by molar-refractivity contribution is 0.392. The summed E-state index contributed by atoms with van der Waals surface area (Å²) in [7, 11) is -3.52. The normalized spacial score (nSPS) is 15.9. The smallest absolute Gasteiger partial charge is 0.240 e. The Morgan fingerprint density at radius 3 is 2.77 bits per heavy atom. The highest BCUT2D eigenvalue weighted by Crippen LogP contribution is 2.29. The van der Waals surface area contributed by atoms with Gasteiger partial charge in [-0.3, -0.25) is 4.72 Å². The lowest BCUT2D eigenvalue weighted by atomic mass is 10.0. The van der Waals surface area contributed by atoms with Crippen molar-refractivity contribution < 1.29 is 12.9 Å². The van der Waals surface area contributed by atoms with Crippen LogP contribution in [0.5, 0.6) is 0 Å². The molecule has 1 aliphatic carbocycles. The van der Waals surface area contributed by atoms with Crippen molar-refractivity contribution in [1.82, 2.24) is 10.1 Å². The molecular weight excluding hydrogens is 322 g/mol. The number of fused-ring (bicyclic) bond motifs is 1. The summed E-state index contributed by atoms with van der Waals surface area (Å²) in [5, 5.41) is 4.19. The Balaban J connectivity index is 1.73. The number of thiazole rings is 1. The molecule has 2 heterocycles. The Labute approximate surface area is 134 Å². The maximum Gasteiger partial charge on any atom is 0.240 e. The predicted molar refractivity (Wildman–Crippen MR) is 85.5 cm³/mol. The number of rotatable bonds is 4. The molecule has 22 heavy (non-hydrogen) atoms. The number of hydrogen-bond acceptors (Lipinski definition) is 6. The maximum atomic E-state index is 12.2. The van der Waals surface area contributed by atoms with Gasteiger partial charge in [-0.25, -0.2) is 13.4 Å². The fourth-order valence-corrected chi connectivity index (χ4v) is 4.96. The molecule has 3 rings (SSSR count). The SMILES string of the molecule is Cc1cc(CS(=O)(=O)Nc2nc3c(s2)CCCCCC3)no1. The van der Waals surface area contributed by atoms with E-state index in [1.54, 1.807) is 13.0 Å². The van der Waals surface area contributed by atoms with Gasteiger partial charge in [0.1, 0.15) is 17.2 Å². The predicted octanol–water partition coefficient (Wildman–Crippen LogP) is 3.04. The van der Waals surface area contributed by atoms with E-state index in [2.05, 4.69) is 14.9 Å². The van der Waals surface area contributed by atoms with Crippen LogP contribution < -0.4 is 4.72 Å². The number of nitrogens with zero attached hydrogens (tertiary/aromatic N) is 2. The molecule has 0 spiro atoms. The number of nitrogens with one attached hydrogen (secondary N) is 1. The molecule has 0 radical (unpaired) electrons. The van der Waals surface area contributed by atoms with Gasteiger partial charge in [0.05, 0.1) is 5.69 Å². The first-order valence-electron chi connectivity index (χ1n) is 7.43. The van der Waals surface area contributed by atoms with E-state index < -0.39 is 10.0 Å². The lowest BCUT2D eigenvalue weighted by Gasteiger charge is -2.06. The first kappa shape index (κ1) is 15.5. The molecule has 6 nitrogen and oxygen atoms in total. The minimum absolute atomic E-state index is 0.200. The molecule has 0 saturated heterocycles. The topological polar surface area (TPSA) is 85.1 Å². The summed E-state index contributed by atoms with van der Waals surface area (Å²) >= 11 is 1.46. The largest absolute Gasteiger partial charge is 0.361 e. The molecule has 2 aromatic heterocycles. The Hall–Kier alpha value is -1.41. The van der Waals surface area contributed by atoms with Gasteiger partial charge in [-0.05, 0) is 32.6 Å². The Morgan fingerprint density at radius 2 is 2.05 bits per heavy atom. The third-order valence-electron chi connectivity index (χ3n) is 3.60. The van der Waals surface area contributed by atoms with Gasteiger partial charge in [0.15, 0.2) is 5.13 Å². The van der Waals surface area contributed by atoms with Crippen LogP contribution in [0, 0.1) is 6.92 Å². The van der Waals surface area contributed by atoms with Crippen LogP contribution in [0.25, 0.3) is 0 Å². The highest BCUT2D eigenvalue weighted by atomic mass is 32.2. The second-order valence-corrected chi connectivity index (χ2v) is 8.40. The molecule has 1 N–H and O–H groups in total. The van der Waals surface area contributed by atoms with Gasteiger partial charge in [0, 0.05) is 10.9 Å². The average molecular weight is 341 g/mol. The first-order valence-corrected chi connectivity index (χ1v) is 9.90. The summed E-state index contributed by atoms with van der Waals surface area (Å²) in [5.74, 6) is 0.400. The number of sulfonamides is 1. The Morgan fingerprint density at radius 1 is 1.27 bits per heavy atom. The second kappa shape index (κ2) is 6.37. The summed E-state index contributed by atoms with van der Waals surface area (Å²) in [6, 6.07) is 1.63. The molecule has 1 aliphatic rings. The summed E-state index contributed by atoms with van der Waals surface area (Å²) in [6.07, 6.45) is 6.68. The van der Waals surface area contributed by atoms with E-state index in [1.807, 2.05) is 0 Å². The number of aromatic nitrogens is 2. The van der Waals surface area contributed by atoms with Crippen LogP contribution in [-0.4, -0.2) is 18.6 Å². The zero-order valence-electron chi connectivity index (χ0n) is 12.5. The Kier molecular flexibility index (Phi) is 4.49. The number of hydrogen-bond donors (Lipinski definition) is 1. The molecule has 2 aromatic rings. The van der Waals surface area contributed by atoms with E-state index in [0.717, 1.165) is 31.4 Å². The first-order chi connectivity index (χ1) is 10.5. The van der Waals surface area contributed by atoms with Gasteiger partial charge >= 0.3 is 0 Å². The molecule has 0 aliphatic heterocycles. The summed E-state index contributed by atoms with van der Waals surface area (Å²) < 4.78 is 31.9. The van der Waals surface area contributed by atoms with E-state index in [1.165, 1.54) is 29.1 Å². The highest BCUT2D eigenvalue weighted by molar-refractivity contribution is 7.92. The van der Waals surface area contributed by atoms with Crippen molar-refractivity contribution in [3.8, 4) is 0 Å². The molecule has 0 saturated carbocycles. The third kappa shape index (κ3) is 3.86. The van der Waals surface area contributed by atoms with Crippen LogP contribution in [-0.2, 0) is 28.6 Å². The highest BCUT2D eigenvalue weighted by Gasteiger charge is 2.19. The molecule has 0 unspecified atom stereocenters. The van der Waals surface area contributed by atoms with E-state index in [4.69, 9.17) is 4.52 Å². The van der Waals surface area contributed by atoms with Crippen LogP contribution >= 0.6 is 11.3 Å². The molecule has 0 fully saturated rings. The maximum absolute atomic E-state index is 12.2. The number of aryl methyl sites for hydroxylation is 3. The number of anilines is 1. The van der Waals surface area contributed by atoms with Gasteiger partial charge in [0.25, 0.3) is 0 Å². The molecule has 0 bridgehead atoms. The molecule has 0 aromatic carbocycles. The van der Waals surface area contributed by atoms with E-state index in [0.29, 0.717) is 16.6 Å². The minimum atomic E-state index is -3.52. The van der Waals surface area contributed by atoms with Crippen molar-refractivity contribution >= 4 is 26.5 Å². The van der Waals surface area contributed by atoms with Gasteiger partial charge in [-0.2, -0.15) is 0 Å². The fraction of sp³-hybridized carbons (Fsp3) is 0.571. The fourth-order valence-electron chi connectivity index (χ4n) is 2.60. The van der Waals surface area contributed by atoms with Crippen molar-refractivity contribution in [3.05, 3.63) is 28.1 Å².